The molecule has 2 aromatic rings. The second-order valence-electron chi connectivity index (χ2n) is 4.31. The van der Waals surface area contributed by atoms with Crippen LogP contribution >= 0.6 is 0 Å². The van der Waals surface area contributed by atoms with Gasteiger partial charge in [-0.1, -0.05) is 17.9 Å². The van der Waals surface area contributed by atoms with Crippen LogP contribution in [0.25, 0.3) is 0 Å². The number of nitrogens with one attached hydrogen (secondary N) is 1. The second kappa shape index (κ2) is 6.43. The Hall–Kier alpha value is -2.30. The van der Waals surface area contributed by atoms with Crippen LogP contribution in [0.1, 0.15) is 12.0 Å². The average molecular weight is 305 g/mol. The van der Waals surface area contributed by atoms with Crippen LogP contribution in [0.2, 0.25) is 0 Å². The zero-order valence-electron chi connectivity index (χ0n) is 11.4. The van der Waals surface area contributed by atoms with Gasteiger partial charge in [-0.3, -0.25) is 9.40 Å². The summed E-state index contributed by atoms with van der Waals surface area (Å²) in [5.41, 5.74) is 1.10. The van der Waals surface area contributed by atoms with E-state index in [9.17, 15) is 8.42 Å². The molecule has 0 saturated carbocycles. The van der Waals surface area contributed by atoms with E-state index in [1.807, 2.05) is 0 Å². The maximum atomic E-state index is 12.2. The van der Waals surface area contributed by atoms with Gasteiger partial charge in [-0.15, -0.1) is 0 Å². The molecule has 1 aromatic heterocycles. The Balaban J connectivity index is 2.20. The van der Waals surface area contributed by atoms with Crippen molar-refractivity contribution in [3.8, 4) is 11.8 Å². The van der Waals surface area contributed by atoms with Crippen LogP contribution in [0.4, 0.5) is 5.69 Å². The number of rotatable bonds is 4. The summed E-state index contributed by atoms with van der Waals surface area (Å²) >= 11 is 0. The van der Waals surface area contributed by atoms with Gasteiger partial charge in [0.15, 0.2) is 0 Å². The van der Waals surface area contributed by atoms with Crippen LogP contribution in [0.5, 0.6) is 0 Å². The fourth-order valence-corrected chi connectivity index (χ4v) is 2.66. The maximum absolute atomic E-state index is 12.2. The summed E-state index contributed by atoms with van der Waals surface area (Å²) in [6, 6.07) is 6.76. The lowest BCUT2D eigenvalue weighted by Crippen LogP contribution is -2.12. The topological polar surface area (TPSA) is 84.2 Å². The molecule has 0 fully saturated rings. The molecule has 1 heterocycles. The van der Waals surface area contributed by atoms with E-state index < -0.39 is 10.0 Å². The highest BCUT2D eigenvalue weighted by Crippen LogP contribution is 2.16. The smallest absolute Gasteiger partial charge is 0.265 e. The highest BCUT2D eigenvalue weighted by atomic mass is 32.2. The first-order chi connectivity index (χ1) is 10.0. The van der Waals surface area contributed by atoms with E-state index in [2.05, 4.69) is 21.7 Å². The molecule has 0 aliphatic heterocycles. The lowest BCUT2D eigenvalue weighted by atomic mass is 10.2. The maximum Gasteiger partial charge on any atom is 0.265 e. The fraction of sp³-hybridized carbons (Fsp3) is 0.214. The summed E-state index contributed by atoms with van der Waals surface area (Å²) in [7, 11) is -2.01. The molecule has 2 N–H and O–H groups in total. The lowest BCUT2D eigenvalue weighted by Gasteiger charge is -2.06. The van der Waals surface area contributed by atoms with Crippen molar-refractivity contribution in [2.75, 3.05) is 11.3 Å². The van der Waals surface area contributed by atoms with Crippen molar-refractivity contribution in [1.82, 2.24) is 9.78 Å². The molecule has 0 amide bonds. The highest BCUT2D eigenvalue weighted by Gasteiger charge is 2.16. The summed E-state index contributed by atoms with van der Waals surface area (Å²) < 4.78 is 28.2. The zero-order valence-corrected chi connectivity index (χ0v) is 12.3. The van der Waals surface area contributed by atoms with Crippen LogP contribution in [0, 0.1) is 11.8 Å². The van der Waals surface area contributed by atoms with E-state index in [0.29, 0.717) is 17.7 Å². The van der Waals surface area contributed by atoms with Crippen molar-refractivity contribution >= 4 is 15.7 Å². The Morgan fingerprint density at radius 3 is 2.90 bits per heavy atom. The molecule has 1 aromatic carbocycles. The summed E-state index contributed by atoms with van der Waals surface area (Å²) in [5, 5.41) is 12.5. The molecule has 0 saturated heterocycles. The van der Waals surface area contributed by atoms with Gasteiger partial charge >= 0.3 is 0 Å². The number of nitrogens with zero attached hydrogens (tertiary/aromatic N) is 2. The molecule has 110 valence electrons. The van der Waals surface area contributed by atoms with Crippen molar-refractivity contribution in [3.63, 3.8) is 0 Å². The molecule has 0 aliphatic carbocycles. The van der Waals surface area contributed by atoms with Gasteiger partial charge in [-0.05, 0) is 18.2 Å². The first-order valence-corrected chi connectivity index (χ1v) is 7.71. The van der Waals surface area contributed by atoms with Crippen molar-refractivity contribution < 1.29 is 13.5 Å². The molecule has 0 radical (unpaired) electrons. The third kappa shape index (κ3) is 4.08. The van der Waals surface area contributed by atoms with Crippen molar-refractivity contribution in [1.29, 1.82) is 0 Å². The molecule has 21 heavy (non-hydrogen) atoms. The predicted molar refractivity (Wildman–Crippen MR) is 79.0 cm³/mol. The summed E-state index contributed by atoms with van der Waals surface area (Å²) in [4.78, 5) is 0.0989. The van der Waals surface area contributed by atoms with Gasteiger partial charge < -0.3 is 5.11 Å². The van der Waals surface area contributed by atoms with Crippen LogP contribution in [-0.2, 0) is 17.1 Å². The van der Waals surface area contributed by atoms with Gasteiger partial charge in [-0.2, -0.15) is 5.10 Å². The summed E-state index contributed by atoms with van der Waals surface area (Å²) in [6.07, 6.45) is 3.09. The van der Waals surface area contributed by atoms with E-state index in [0.717, 1.165) is 0 Å². The number of aliphatic hydroxyl groups is 1. The zero-order chi connectivity index (χ0) is 15.3. The molecule has 0 unspecified atom stereocenters. The summed E-state index contributed by atoms with van der Waals surface area (Å²) in [6.45, 7) is 0.000325. The minimum absolute atomic E-state index is 0.000325. The number of aryl methyl sites for hydroxylation is 1. The monoisotopic (exact) mass is 305 g/mol. The lowest BCUT2D eigenvalue weighted by molar-refractivity contribution is 0.305. The van der Waals surface area contributed by atoms with Crippen molar-refractivity contribution in [3.05, 3.63) is 42.2 Å². The quantitative estimate of drug-likeness (QED) is 0.824. The van der Waals surface area contributed by atoms with Crippen LogP contribution in [0.3, 0.4) is 0 Å². The molecule has 0 atom stereocenters. The molecular weight excluding hydrogens is 290 g/mol. The minimum Gasteiger partial charge on any atom is -0.395 e. The van der Waals surface area contributed by atoms with Gasteiger partial charge in [-0.25, -0.2) is 8.42 Å². The van der Waals surface area contributed by atoms with Crippen molar-refractivity contribution in [2.24, 2.45) is 7.05 Å². The second-order valence-corrected chi connectivity index (χ2v) is 5.99. The predicted octanol–water partition coefficient (Wildman–Crippen LogP) is 0.955. The molecule has 0 spiro atoms. The van der Waals surface area contributed by atoms with E-state index in [-0.39, 0.29) is 11.5 Å². The Bertz CT molecular complexity index is 785. The summed E-state index contributed by atoms with van der Waals surface area (Å²) in [5.74, 6) is 5.64. The molecule has 7 heteroatoms. The third-order valence-electron chi connectivity index (χ3n) is 2.58. The largest absolute Gasteiger partial charge is 0.395 e. The first kappa shape index (κ1) is 15.1. The number of hydrogen-bond acceptors (Lipinski definition) is 4. The molecule has 0 aliphatic rings. The van der Waals surface area contributed by atoms with Crippen molar-refractivity contribution in [2.45, 2.75) is 11.3 Å². The SMILES string of the molecule is Cn1cc(S(=O)(=O)Nc2cccc(C#CCCO)c2)cn1. The van der Waals surface area contributed by atoms with E-state index in [1.165, 1.54) is 17.1 Å². The normalized spacial score (nSPS) is 10.8. The Morgan fingerprint density at radius 2 is 2.24 bits per heavy atom. The Labute approximate surface area is 123 Å². The van der Waals surface area contributed by atoms with Crippen LogP contribution in [0.15, 0.2) is 41.6 Å². The van der Waals surface area contributed by atoms with Gasteiger partial charge in [0.1, 0.15) is 4.90 Å². The molecular formula is C14H15N3O3S. The van der Waals surface area contributed by atoms with Crippen LogP contribution in [-0.4, -0.2) is 29.9 Å². The van der Waals surface area contributed by atoms with Gasteiger partial charge in [0.05, 0.1) is 18.5 Å². The standard InChI is InChI=1S/C14H15N3O3S/c1-17-11-14(10-15-17)21(19,20)16-13-7-4-6-12(9-13)5-2-3-8-18/h4,6-7,9-11,16,18H,3,8H2,1H3. The fourth-order valence-electron chi connectivity index (χ4n) is 1.63. The Morgan fingerprint density at radius 1 is 1.43 bits per heavy atom. The number of anilines is 1. The molecule has 6 nitrogen and oxygen atoms in total. The highest BCUT2D eigenvalue weighted by molar-refractivity contribution is 7.92. The van der Waals surface area contributed by atoms with Gasteiger partial charge in [0.25, 0.3) is 10.0 Å². The number of sulfonamides is 1. The first-order valence-electron chi connectivity index (χ1n) is 6.22. The van der Waals surface area contributed by atoms with E-state index in [1.54, 1.807) is 31.3 Å². The molecule has 0 bridgehead atoms. The minimum atomic E-state index is -3.66. The third-order valence-corrected chi connectivity index (χ3v) is 3.91. The van der Waals surface area contributed by atoms with E-state index >= 15 is 0 Å². The number of aromatic nitrogens is 2. The number of hydrogen-bond donors (Lipinski definition) is 2. The molecule has 2 rings (SSSR count). The Kier molecular flexibility index (Phi) is 4.62. The number of aliphatic hydroxyl groups excluding tert-OH is 1. The average Bonchev–Trinajstić information content (AvgIpc) is 2.87. The van der Waals surface area contributed by atoms with Crippen LogP contribution < -0.4 is 4.72 Å². The van der Waals surface area contributed by atoms with Gasteiger partial charge in [0.2, 0.25) is 0 Å². The number of benzene rings is 1. The van der Waals surface area contributed by atoms with Gasteiger partial charge in [0, 0.05) is 25.2 Å². The van der Waals surface area contributed by atoms with E-state index in [4.69, 9.17) is 5.11 Å².